The molecule has 1 rings (SSSR count). The van der Waals surface area contributed by atoms with E-state index in [1.807, 2.05) is 0 Å². The minimum Gasteiger partial charge on any atom is -0.348 e. The van der Waals surface area contributed by atoms with Gasteiger partial charge in [0.05, 0.1) is 12.1 Å². The highest BCUT2D eigenvalue weighted by Gasteiger charge is 2.14. The predicted molar refractivity (Wildman–Crippen MR) is 56.6 cm³/mol. The standard InChI is InChI=1S/C11H14F2N2O/c1-6(14)11(16)15-7(2)8-3-4-9(12)10(13)5-8/h3-7H,14H2,1-2H3,(H,15,16)/t6-,7?/m0/s1. The fraction of sp³-hybridized carbons (Fsp3) is 0.364. The molecular weight excluding hydrogens is 214 g/mol. The van der Waals surface area contributed by atoms with E-state index in [-0.39, 0.29) is 5.91 Å². The van der Waals surface area contributed by atoms with Crippen LogP contribution in [0.25, 0.3) is 0 Å². The quantitative estimate of drug-likeness (QED) is 0.823. The molecule has 0 bridgehead atoms. The molecule has 1 unspecified atom stereocenters. The lowest BCUT2D eigenvalue weighted by Gasteiger charge is -2.16. The summed E-state index contributed by atoms with van der Waals surface area (Å²) in [6.07, 6.45) is 0. The molecule has 0 aliphatic heterocycles. The van der Waals surface area contributed by atoms with Crippen LogP contribution in [0.3, 0.4) is 0 Å². The Balaban J connectivity index is 2.77. The third-order valence-electron chi connectivity index (χ3n) is 2.22. The van der Waals surface area contributed by atoms with Crippen molar-refractivity contribution in [3.05, 3.63) is 35.4 Å². The fourth-order valence-corrected chi connectivity index (χ4v) is 1.21. The van der Waals surface area contributed by atoms with Gasteiger partial charge in [-0.15, -0.1) is 0 Å². The first-order valence-corrected chi connectivity index (χ1v) is 4.92. The van der Waals surface area contributed by atoms with Gasteiger partial charge in [-0.3, -0.25) is 4.79 Å². The minimum absolute atomic E-state index is 0.336. The molecule has 0 aromatic heterocycles. The molecule has 0 radical (unpaired) electrons. The maximum atomic E-state index is 12.9. The molecule has 5 heteroatoms. The fourth-order valence-electron chi connectivity index (χ4n) is 1.21. The van der Waals surface area contributed by atoms with E-state index in [1.54, 1.807) is 13.8 Å². The van der Waals surface area contributed by atoms with Crippen molar-refractivity contribution in [1.82, 2.24) is 5.32 Å². The van der Waals surface area contributed by atoms with Gasteiger partial charge >= 0.3 is 0 Å². The Labute approximate surface area is 92.6 Å². The highest BCUT2D eigenvalue weighted by molar-refractivity contribution is 5.81. The number of carbonyl (C=O) groups excluding carboxylic acids is 1. The molecule has 0 aliphatic rings. The number of halogens is 2. The lowest BCUT2D eigenvalue weighted by Crippen LogP contribution is -2.39. The van der Waals surface area contributed by atoms with Gasteiger partial charge in [0.2, 0.25) is 5.91 Å². The normalized spacial score (nSPS) is 14.3. The number of nitrogens with two attached hydrogens (primary N) is 1. The zero-order valence-corrected chi connectivity index (χ0v) is 9.13. The van der Waals surface area contributed by atoms with E-state index in [4.69, 9.17) is 5.73 Å². The Hall–Kier alpha value is -1.49. The zero-order chi connectivity index (χ0) is 12.3. The number of hydrogen-bond acceptors (Lipinski definition) is 2. The van der Waals surface area contributed by atoms with E-state index in [2.05, 4.69) is 5.32 Å². The number of benzene rings is 1. The van der Waals surface area contributed by atoms with E-state index in [9.17, 15) is 13.6 Å². The van der Waals surface area contributed by atoms with Gasteiger partial charge in [0, 0.05) is 0 Å². The average molecular weight is 228 g/mol. The van der Waals surface area contributed by atoms with Crippen LogP contribution >= 0.6 is 0 Å². The van der Waals surface area contributed by atoms with Crippen LogP contribution in [0, 0.1) is 11.6 Å². The monoisotopic (exact) mass is 228 g/mol. The lowest BCUT2D eigenvalue weighted by atomic mass is 10.1. The first-order valence-electron chi connectivity index (χ1n) is 4.92. The van der Waals surface area contributed by atoms with Crippen molar-refractivity contribution in [2.24, 2.45) is 5.73 Å². The molecule has 2 atom stereocenters. The van der Waals surface area contributed by atoms with Crippen molar-refractivity contribution < 1.29 is 13.6 Å². The van der Waals surface area contributed by atoms with Crippen molar-refractivity contribution in [3.63, 3.8) is 0 Å². The van der Waals surface area contributed by atoms with Crippen molar-refractivity contribution >= 4 is 5.91 Å². The zero-order valence-electron chi connectivity index (χ0n) is 9.13. The molecule has 1 amide bonds. The molecule has 0 saturated heterocycles. The molecule has 1 aromatic carbocycles. The molecule has 0 saturated carbocycles. The van der Waals surface area contributed by atoms with E-state index in [1.165, 1.54) is 6.07 Å². The SMILES string of the molecule is CC(NC(=O)[C@H](C)N)c1ccc(F)c(F)c1. The van der Waals surface area contributed by atoms with Gasteiger partial charge in [0.25, 0.3) is 0 Å². The minimum atomic E-state index is -0.931. The summed E-state index contributed by atoms with van der Waals surface area (Å²) in [5, 5.41) is 2.59. The maximum absolute atomic E-state index is 12.9. The molecule has 0 heterocycles. The second-order valence-corrected chi connectivity index (χ2v) is 3.69. The summed E-state index contributed by atoms with van der Waals surface area (Å²) >= 11 is 0. The second kappa shape index (κ2) is 5.03. The Morgan fingerprint density at radius 1 is 1.31 bits per heavy atom. The summed E-state index contributed by atoms with van der Waals surface area (Å²) in [6.45, 7) is 3.22. The topological polar surface area (TPSA) is 55.1 Å². The molecular formula is C11H14F2N2O. The number of hydrogen-bond donors (Lipinski definition) is 2. The Bertz CT molecular complexity index is 394. The molecule has 16 heavy (non-hydrogen) atoms. The summed E-state index contributed by atoms with van der Waals surface area (Å²) in [5.41, 5.74) is 5.86. The summed E-state index contributed by atoms with van der Waals surface area (Å²) in [5.74, 6) is -2.17. The summed E-state index contributed by atoms with van der Waals surface area (Å²) < 4.78 is 25.6. The molecule has 88 valence electrons. The van der Waals surface area contributed by atoms with Crippen LogP contribution < -0.4 is 11.1 Å². The Kier molecular flexibility index (Phi) is 3.95. The van der Waals surface area contributed by atoms with Gasteiger partial charge in [0.15, 0.2) is 11.6 Å². The first kappa shape index (κ1) is 12.6. The summed E-state index contributed by atoms with van der Waals surface area (Å²) in [6, 6.07) is 2.46. The predicted octanol–water partition coefficient (Wildman–Crippen LogP) is 1.49. The van der Waals surface area contributed by atoms with E-state index < -0.39 is 23.7 Å². The van der Waals surface area contributed by atoms with Crippen LogP contribution in [0.4, 0.5) is 8.78 Å². The second-order valence-electron chi connectivity index (χ2n) is 3.69. The number of rotatable bonds is 3. The van der Waals surface area contributed by atoms with Gasteiger partial charge in [-0.1, -0.05) is 6.07 Å². The van der Waals surface area contributed by atoms with E-state index >= 15 is 0 Å². The maximum Gasteiger partial charge on any atom is 0.237 e. The summed E-state index contributed by atoms with van der Waals surface area (Å²) in [4.78, 5) is 11.3. The highest BCUT2D eigenvalue weighted by Crippen LogP contribution is 2.15. The van der Waals surface area contributed by atoms with Crippen LogP contribution in [-0.2, 0) is 4.79 Å². The van der Waals surface area contributed by atoms with Gasteiger partial charge in [-0.25, -0.2) is 8.78 Å². The van der Waals surface area contributed by atoms with Gasteiger partial charge < -0.3 is 11.1 Å². The Morgan fingerprint density at radius 3 is 2.44 bits per heavy atom. The lowest BCUT2D eigenvalue weighted by molar-refractivity contribution is -0.122. The molecule has 0 spiro atoms. The van der Waals surface area contributed by atoms with E-state index in [0.717, 1.165) is 12.1 Å². The van der Waals surface area contributed by atoms with Crippen molar-refractivity contribution in [2.45, 2.75) is 25.9 Å². The van der Waals surface area contributed by atoms with Crippen molar-refractivity contribution in [3.8, 4) is 0 Å². The third kappa shape index (κ3) is 3.00. The molecule has 3 nitrogen and oxygen atoms in total. The number of amides is 1. The van der Waals surface area contributed by atoms with Crippen LogP contribution in [0.2, 0.25) is 0 Å². The van der Waals surface area contributed by atoms with Crippen molar-refractivity contribution in [2.75, 3.05) is 0 Å². The largest absolute Gasteiger partial charge is 0.348 e. The molecule has 1 aromatic rings. The van der Waals surface area contributed by atoms with Gasteiger partial charge in [0.1, 0.15) is 0 Å². The number of carbonyl (C=O) groups is 1. The third-order valence-corrected chi connectivity index (χ3v) is 2.22. The van der Waals surface area contributed by atoms with Gasteiger partial charge in [-0.2, -0.15) is 0 Å². The molecule has 0 aliphatic carbocycles. The Morgan fingerprint density at radius 2 is 1.94 bits per heavy atom. The van der Waals surface area contributed by atoms with Crippen LogP contribution in [0.15, 0.2) is 18.2 Å². The summed E-state index contributed by atoms with van der Waals surface area (Å²) in [7, 11) is 0. The van der Waals surface area contributed by atoms with Crippen LogP contribution in [0.1, 0.15) is 25.5 Å². The van der Waals surface area contributed by atoms with Gasteiger partial charge in [-0.05, 0) is 31.5 Å². The highest BCUT2D eigenvalue weighted by atomic mass is 19.2. The molecule has 0 fully saturated rings. The van der Waals surface area contributed by atoms with Crippen LogP contribution in [0.5, 0.6) is 0 Å². The molecule has 3 N–H and O–H groups in total. The van der Waals surface area contributed by atoms with Crippen molar-refractivity contribution in [1.29, 1.82) is 0 Å². The average Bonchev–Trinajstić information content (AvgIpc) is 2.21. The van der Waals surface area contributed by atoms with Crippen LogP contribution in [-0.4, -0.2) is 11.9 Å². The first-order chi connectivity index (χ1) is 7.41. The smallest absolute Gasteiger partial charge is 0.237 e. The number of nitrogens with one attached hydrogen (secondary N) is 1. The van der Waals surface area contributed by atoms with E-state index in [0.29, 0.717) is 5.56 Å².